The molecule has 0 amide bonds. The van der Waals surface area contributed by atoms with E-state index in [0.29, 0.717) is 16.3 Å². The number of amidine groups is 1. The summed E-state index contributed by atoms with van der Waals surface area (Å²) >= 11 is 0. The van der Waals surface area contributed by atoms with Crippen LogP contribution >= 0.6 is 0 Å². The van der Waals surface area contributed by atoms with Crippen LogP contribution in [0.15, 0.2) is 39.9 Å². The van der Waals surface area contributed by atoms with Crippen molar-refractivity contribution in [3.63, 3.8) is 0 Å². The molecule has 0 saturated carbocycles. The zero-order chi connectivity index (χ0) is 18.4. The van der Waals surface area contributed by atoms with Crippen molar-refractivity contribution in [2.75, 3.05) is 31.1 Å². The Morgan fingerprint density at radius 1 is 0.889 bits per heavy atom. The number of sulfonamides is 1. The first-order valence-electron chi connectivity index (χ1n) is 9.40. The fourth-order valence-corrected chi connectivity index (χ4v) is 5.45. The van der Waals surface area contributed by atoms with E-state index in [2.05, 4.69) is 24.2 Å². The predicted octanol–water partition coefficient (Wildman–Crippen LogP) is 1.63. The zero-order valence-corrected chi connectivity index (χ0v) is 15.8. The van der Waals surface area contributed by atoms with Gasteiger partial charge in [0.25, 0.3) is 10.0 Å². The summed E-state index contributed by atoms with van der Waals surface area (Å²) in [5, 5.41) is 0. The first-order chi connectivity index (χ1) is 13.1. The second kappa shape index (κ2) is 6.30. The summed E-state index contributed by atoms with van der Waals surface area (Å²) in [6.07, 6.45) is 6.15. The normalized spacial score (nSPS) is 20.8. The number of anilines is 1. The minimum atomic E-state index is -3.57. The molecule has 5 rings (SSSR count). The fraction of sp³-hybridized carbons (Fsp3) is 0.421. The molecule has 1 aliphatic carbocycles. The van der Waals surface area contributed by atoms with E-state index in [9.17, 15) is 8.42 Å². The molecule has 7 nitrogen and oxygen atoms in total. The summed E-state index contributed by atoms with van der Waals surface area (Å²) in [6.45, 7) is 3.04. The second-order valence-electron chi connectivity index (χ2n) is 7.19. The smallest absolute Gasteiger partial charge is 0.285 e. The van der Waals surface area contributed by atoms with Gasteiger partial charge in [0.05, 0.1) is 0 Å². The first kappa shape index (κ1) is 16.7. The number of rotatable bonds is 1. The maximum absolute atomic E-state index is 12.3. The quantitative estimate of drug-likeness (QED) is 0.745. The van der Waals surface area contributed by atoms with E-state index in [1.807, 2.05) is 12.1 Å². The van der Waals surface area contributed by atoms with Gasteiger partial charge in [-0.2, -0.15) is 8.42 Å². The molecule has 3 heterocycles. The van der Waals surface area contributed by atoms with Crippen molar-refractivity contribution in [2.24, 2.45) is 4.40 Å². The van der Waals surface area contributed by atoms with Gasteiger partial charge in [0.2, 0.25) is 0 Å². The number of hydrogen-bond acceptors (Lipinski definition) is 6. The Bertz CT molecular complexity index is 1030. The molecule has 140 valence electrons. The molecule has 0 N–H and O–H groups in total. The number of fused-ring (bicyclic) bond motifs is 2. The fourth-order valence-electron chi connectivity index (χ4n) is 4.22. The third kappa shape index (κ3) is 2.79. The molecule has 0 atom stereocenters. The van der Waals surface area contributed by atoms with Crippen LogP contribution in [0.25, 0.3) is 0 Å². The van der Waals surface area contributed by atoms with Crippen LogP contribution in [0.3, 0.4) is 0 Å². The molecule has 3 aliphatic rings. The summed E-state index contributed by atoms with van der Waals surface area (Å²) in [4.78, 5) is 13.7. The Morgan fingerprint density at radius 3 is 2.48 bits per heavy atom. The standard InChI is InChI=1S/C19H21N5O2S/c25-27(26)17-8-4-2-6-15(17)19(22-27)24-11-9-23(10-12-24)18-14-5-1-3-7-16(14)20-13-21-18/h2,4,6,8,13H,1,3,5,7,9-12H2. The lowest BCUT2D eigenvalue weighted by Gasteiger charge is -2.37. The summed E-state index contributed by atoms with van der Waals surface area (Å²) in [6, 6.07) is 7.07. The summed E-state index contributed by atoms with van der Waals surface area (Å²) in [5.41, 5.74) is 3.20. The third-order valence-corrected chi connectivity index (χ3v) is 6.92. The van der Waals surface area contributed by atoms with Gasteiger partial charge >= 0.3 is 0 Å². The number of aromatic nitrogens is 2. The van der Waals surface area contributed by atoms with Crippen LogP contribution < -0.4 is 4.90 Å². The number of nitrogens with zero attached hydrogens (tertiary/aromatic N) is 5. The molecule has 1 saturated heterocycles. The van der Waals surface area contributed by atoms with Crippen molar-refractivity contribution < 1.29 is 8.42 Å². The highest BCUT2D eigenvalue weighted by atomic mass is 32.2. The van der Waals surface area contributed by atoms with Gasteiger partial charge in [-0.05, 0) is 37.8 Å². The van der Waals surface area contributed by atoms with E-state index < -0.39 is 10.0 Å². The van der Waals surface area contributed by atoms with E-state index >= 15 is 0 Å². The van der Waals surface area contributed by atoms with Gasteiger partial charge in [0, 0.05) is 43.0 Å². The molecule has 8 heteroatoms. The van der Waals surface area contributed by atoms with E-state index in [4.69, 9.17) is 0 Å². The molecule has 27 heavy (non-hydrogen) atoms. The van der Waals surface area contributed by atoms with Crippen LogP contribution in [-0.2, 0) is 22.9 Å². The molecule has 1 aromatic heterocycles. The molecule has 2 aromatic rings. The highest BCUT2D eigenvalue weighted by Crippen LogP contribution is 2.30. The van der Waals surface area contributed by atoms with Crippen LogP contribution in [0, 0.1) is 0 Å². The minimum Gasteiger partial charge on any atom is -0.353 e. The van der Waals surface area contributed by atoms with E-state index in [1.54, 1.807) is 18.5 Å². The molecule has 1 fully saturated rings. The predicted molar refractivity (Wildman–Crippen MR) is 103 cm³/mol. The molecule has 0 bridgehead atoms. The van der Waals surface area contributed by atoms with E-state index in [-0.39, 0.29) is 0 Å². The van der Waals surface area contributed by atoms with Gasteiger partial charge < -0.3 is 9.80 Å². The molecule has 2 aliphatic heterocycles. The van der Waals surface area contributed by atoms with Gasteiger partial charge in [-0.15, -0.1) is 4.40 Å². The Morgan fingerprint density at radius 2 is 1.63 bits per heavy atom. The van der Waals surface area contributed by atoms with Crippen LogP contribution in [0.2, 0.25) is 0 Å². The van der Waals surface area contributed by atoms with Gasteiger partial charge in [0.15, 0.2) is 5.84 Å². The largest absolute Gasteiger partial charge is 0.353 e. The van der Waals surface area contributed by atoms with E-state index in [0.717, 1.165) is 44.8 Å². The summed E-state index contributed by atoms with van der Waals surface area (Å²) in [5.74, 6) is 1.63. The van der Waals surface area contributed by atoms with Crippen molar-refractivity contribution in [1.82, 2.24) is 14.9 Å². The van der Waals surface area contributed by atoms with Gasteiger partial charge in [-0.3, -0.25) is 0 Å². The number of aryl methyl sites for hydroxylation is 1. The lowest BCUT2D eigenvalue weighted by Crippen LogP contribution is -2.49. The Hall–Kier alpha value is -2.48. The van der Waals surface area contributed by atoms with Crippen molar-refractivity contribution >= 4 is 21.7 Å². The second-order valence-corrected chi connectivity index (χ2v) is 8.76. The lowest BCUT2D eigenvalue weighted by molar-refractivity contribution is 0.385. The average molecular weight is 383 g/mol. The van der Waals surface area contributed by atoms with Crippen LogP contribution in [0.1, 0.15) is 29.7 Å². The van der Waals surface area contributed by atoms with Gasteiger partial charge in [0.1, 0.15) is 17.0 Å². The monoisotopic (exact) mass is 383 g/mol. The molecule has 0 unspecified atom stereocenters. The van der Waals surface area contributed by atoms with Crippen LogP contribution in [0.5, 0.6) is 0 Å². The number of piperazine rings is 1. The molecule has 0 radical (unpaired) electrons. The lowest BCUT2D eigenvalue weighted by atomic mass is 9.96. The van der Waals surface area contributed by atoms with Crippen molar-refractivity contribution in [1.29, 1.82) is 0 Å². The maximum atomic E-state index is 12.3. The highest BCUT2D eigenvalue weighted by molar-refractivity contribution is 7.90. The van der Waals surface area contributed by atoms with Crippen molar-refractivity contribution in [3.05, 3.63) is 47.4 Å². The van der Waals surface area contributed by atoms with Crippen LogP contribution in [-0.4, -0.2) is 55.3 Å². The Kier molecular flexibility index (Phi) is 3.89. The Balaban J connectivity index is 1.38. The number of hydrogen-bond donors (Lipinski definition) is 0. The summed E-state index contributed by atoms with van der Waals surface area (Å²) < 4.78 is 28.7. The zero-order valence-electron chi connectivity index (χ0n) is 15.0. The molecular weight excluding hydrogens is 362 g/mol. The molecule has 0 spiro atoms. The van der Waals surface area contributed by atoms with Crippen molar-refractivity contribution in [2.45, 2.75) is 30.6 Å². The van der Waals surface area contributed by atoms with Gasteiger partial charge in [-0.25, -0.2) is 9.97 Å². The number of benzene rings is 1. The maximum Gasteiger partial charge on any atom is 0.285 e. The minimum absolute atomic E-state index is 0.312. The molecule has 1 aromatic carbocycles. The SMILES string of the molecule is O=S1(=O)N=C(N2CCN(c3ncnc4c3CCCC4)CC2)c2ccccc21. The topological polar surface area (TPSA) is 78.8 Å². The van der Waals surface area contributed by atoms with Crippen molar-refractivity contribution in [3.8, 4) is 0 Å². The van der Waals surface area contributed by atoms with Gasteiger partial charge in [-0.1, -0.05) is 12.1 Å². The average Bonchev–Trinajstić information content (AvgIpc) is 2.99. The van der Waals surface area contributed by atoms with Crippen LogP contribution in [0.4, 0.5) is 5.82 Å². The molecular formula is C19H21N5O2S. The Labute approximate surface area is 158 Å². The third-order valence-electron chi connectivity index (χ3n) is 5.59. The highest BCUT2D eigenvalue weighted by Gasteiger charge is 2.33. The van der Waals surface area contributed by atoms with E-state index in [1.165, 1.54) is 24.1 Å². The first-order valence-corrected chi connectivity index (χ1v) is 10.8. The summed E-state index contributed by atoms with van der Waals surface area (Å²) in [7, 11) is -3.57.